The second kappa shape index (κ2) is 6.62. The number of aliphatic hydroxyl groups excluding tert-OH is 1. The molecule has 1 fully saturated rings. The van der Waals surface area contributed by atoms with E-state index in [0.717, 1.165) is 12.3 Å². The number of benzene rings is 1. The summed E-state index contributed by atoms with van der Waals surface area (Å²) in [6, 6.07) is 9.68. The number of quaternary nitrogens is 1. The van der Waals surface area contributed by atoms with E-state index in [-0.39, 0.29) is 6.10 Å². The fourth-order valence-electron chi connectivity index (χ4n) is 2.36. The number of rotatable bonds is 5. The molecule has 1 atom stereocenters. The van der Waals surface area contributed by atoms with Gasteiger partial charge in [-0.05, 0) is 31.4 Å². The third-order valence-electron chi connectivity index (χ3n) is 3.27. The van der Waals surface area contributed by atoms with Gasteiger partial charge in [0.05, 0.1) is 13.1 Å². The predicted octanol–water partition coefficient (Wildman–Crippen LogP) is 0.495. The standard InChI is InChI=1S/C14H21NO2/c16-13(11-15-9-5-2-6-10-15)12-17-14-7-3-1-4-8-14/h1,3-4,7-8,13,16H,2,5-6,9-12H2/p+1. The SMILES string of the molecule is OC(COc1ccccc1)C[NH+]1CCCCC1. The minimum atomic E-state index is -0.358. The van der Waals surface area contributed by atoms with Crippen molar-refractivity contribution in [3.05, 3.63) is 30.3 Å². The molecule has 2 N–H and O–H groups in total. The predicted molar refractivity (Wildman–Crippen MR) is 67.4 cm³/mol. The number of hydrogen-bond donors (Lipinski definition) is 2. The van der Waals surface area contributed by atoms with Crippen molar-refractivity contribution in [1.29, 1.82) is 0 Å². The average molecular weight is 236 g/mol. The Bertz CT molecular complexity index is 309. The summed E-state index contributed by atoms with van der Waals surface area (Å²) in [5, 5.41) is 9.92. The average Bonchev–Trinajstić information content (AvgIpc) is 2.39. The highest BCUT2D eigenvalue weighted by Crippen LogP contribution is 2.08. The van der Waals surface area contributed by atoms with Crippen LogP contribution in [0.15, 0.2) is 30.3 Å². The van der Waals surface area contributed by atoms with Crippen LogP contribution in [0.3, 0.4) is 0 Å². The molecule has 0 spiro atoms. The maximum Gasteiger partial charge on any atom is 0.137 e. The van der Waals surface area contributed by atoms with E-state index in [1.807, 2.05) is 30.3 Å². The molecular weight excluding hydrogens is 214 g/mol. The Hall–Kier alpha value is -1.06. The molecule has 0 aliphatic carbocycles. The molecule has 0 saturated carbocycles. The van der Waals surface area contributed by atoms with E-state index in [1.165, 1.54) is 37.3 Å². The van der Waals surface area contributed by atoms with Gasteiger partial charge in [0.2, 0.25) is 0 Å². The molecule has 94 valence electrons. The van der Waals surface area contributed by atoms with Crippen molar-refractivity contribution in [2.24, 2.45) is 0 Å². The van der Waals surface area contributed by atoms with E-state index in [2.05, 4.69) is 0 Å². The highest BCUT2D eigenvalue weighted by Gasteiger charge is 2.18. The van der Waals surface area contributed by atoms with E-state index in [4.69, 9.17) is 4.74 Å². The zero-order valence-corrected chi connectivity index (χ0v) is 10.3. The molecule has 17 heavy (non-hydrogen) atoms. The maximum absolute atomic E-state index is 9.92. The smallest absolute Gasteiger partial charge is 0.137 e. The number of nitrogens with one attached hydrogen (secondary N) is 1. The lowest BCUT2D eigenvalue weighted by Crippen LogP contribution is -3.14. The van der Waals surface area contributed by atoms with E-state index >= 15 is 0 Å². The van der Waals surface area contributed by atoms with Gasteiger partial charge in [0.15, 0.2) is 0 Å². The molecule has 0 bridgehead atoms. The Morgan fingerprint density at radius 3 is 2.53 bits per heavy atom. The Morgan fingerprint density at radius 2 is 1.82 bits per heavy atom. The van der Waals surface area contributed by atoms with Gasteiger partial charge in [-0.1, -0.05) is 18.2 Å². The van der Waals surface area contributed by atoms with Crippen molar-refractivity contribution in [2.45, 2.75) is 25.4 Å². The van der Waals surface area contributed by atoms with Crippen LogP contribution >= 0.6 is 0 Å². The molecule has 0 radical (unpaired) electrons. The zero-order chi connectivity index (χ0) is 11.9. The first-order valence-electron chi connectivity index (χ1n) is 6.54. The molecule has 0 aromatic heterocycles. The topological polar surface area (TPSA) is 33.9 Å². The van der Waals surface area contributed by atoms with Gasteiger partial charge in [-0.25, -0.2) is 0 Å². The van der Waals surface area contributed by atoms with Gasteiger partial charge in [-0.2, -0.15) is 0 Å². The molecule has 0 amide bonds. The van der Waals surface area contributed by atoms with Crippen LogP contribution in [-0.4, -0.2) is 37.5 Å². The van der Waals surface area contributed by atoms with Crippen molar-refractivity contribution < 1.29 is 14.7 Å². The van der Waals surface area contributed by atoms with Gasteiger partial charge in [-0.15, -0.1) is 0 Å². The Balaban J connectivity index is 1.68. The lowest BCUT2D eigenvalue weighted by Gasteiger charge is -2.25. The summed E-state index contributed by atoms with van der Waals surface area (Å²) in [5.74, 6) is 0.834. The van der Waals surface area contributed by atoms with Crippen molar-refractivity contribution in [3.63, 3.8) is 0 Å². The first-order valence-corrected chi connectivity index (χ1v) is 6.54. The number of para-hydroxylation sites is 1. The summed E-state index contributed by atoms with van der Waals surface area (Å²) in [6.45, 7) is 3.60. The van der Waals surface area contributed by atoms with Gasteiger partial charge in [0.25, 0.3) is 0 Å². The fraction of sp³-hybridized carbons (Fsp3) is 0.571. The Kier molecular flexibility index (Phi) is 4.83. The third-order valence-corrected chi connectivity index (χ3v) is 3.27. The zero-order valence-electron chi connectivity index (χ0n) is 10.3. The van der Waals surface area contributed by atoms with Crippen LogP contribution in [0.4, 0.5) is 0 Å². The van der Waals surface area contributed by atoms with Gasteiger partial charge >= 0.3 is 0 Å². The molecule has 1 aliphatic rings. The van der Waals surface area contributed by atoms with Gasteiger partial charge < -0.3 is 14.7 Å². The molecule has 3 nitrogen and oxygen atoms in total. The van der Waals surface area contributed by atoms with Crippen LogP contribution in [0.25, 0.3) is 0 Å². The van der Waals surface area contributed by atoms with Crippen LogP contribution in [0.5, 0.6) is 5.75 Å². The maximum atomic E-state index is 9.92. The van der Waals surface area contributed by atoms with E-state index in [1.54, 1.807) is 0 Å². The van der Waals surface area contributed by atoms with E-state index in [0.29, 0.717) is 6.61 Å². The fourth-order valence-corrected chi connectivity index (χ4v) is 2.36. The second-order valence-electron chi connectivity index (χ2n) is 4.79. The Labute approximate surface area is 103 Å². The van der Waals surface area contributed by atoms with Crippen molar-refractivity contribution >= 4 is 0 Å². The first-order chi connectivity index (χ1) is 8.34. The molecule has 1 aliphatic heterocycles. The van der Waals surface area contributed by atoms with Crippen molar-refractivity contribution in [1.82, 2.24) is 0 Å². The normalized spacial score (nSPS) is 18.9. The summed E-state index contributed by atoms with van der Waals surface area (Å²) in [4.78, 5) is 1.51. The van der Waals surface area contributed by atoms with Crippen molar-refractivity contribution in [3.8, 4) is 5.75 Å². The summed E-state index contributed by atoms with van der Waals surface area (Å²) in [7, 11) is 0. The second-order valence-corrected chi connectivity index (χ2v) is 4.79. The lowest BCUT2D eigenvalue weighted by atomic mass is 10.1. The summed E-state index contributed by atoms with van der Waals surface area (Å²) < 4.78 is 5.55. The molecular formula is C14H22NO2+. The number of aliphatic hydroxyl groups is 1. The van der Waals surface area contributed by atoms with Gasteiger partial charge in [-0.3, -0.25) is 0 Å². The number of likely N-dealkylation sites (tertiary alicyclic amines) is 1. The number of hydrogen-bond acceptors (Lipinski definition) is 2. The monoisotopic (exact) mass is 236 g/mol. The molecule has 1 unspecified atom stereocenters. The number of ether oxygens (including phenoxy) is 1. The molecule has 1 aromatic carbocycles. The summed E-state index contributed by atoms with van der Waals surface area (Å²) in [5.41, 5.74) is 0. The van der Waals surface area contributed by atoms with Crippen LogP contribution in [0.1, 0.15) is 19.3 Å². The lowest BCUT2D eigenvalue weighted by molar-refractivity contribution is -0.908. The van der Waals surface area contributed by atoms with E-state index in [9.17, 15) is 5.11 Å². The number of piperidine rings is 1. The highest BCUT2D eigenvalue weighted by molar-refractivity contribution is 5.20. The summed E-state index contributed by atoms with van der Waals surface area (Å²) in [6.07, 6.45) is 3.58. The van der Waals surface area contributed by atoms with Gasteiger partial charge in [0.1, 0.15) is 25.0 Å². The molecule has 2 rings (SSSR count). The molecule has 1 heterocycles. The first kappa shape index (κ1) is 12.4. The van der Waals surface area contributed by atoms with Crippen LogP contribution in [0.2, 0.25) is 0 Å². The molecule has 1 saturated heterocycles. The van der Waals surface area contributed by atoms with Crippen LogP contribution in [0, 0.1) is 0 Å². The highest BCUT2D eigenvalue weighted by atomic mass is 16.5. The van der Waals surface area contributed by atoms with Crippen LogP contribution < -0.4 is 9.64 Å². The minimum absolute atomic E-state index is 0.358. The quantitative estimate of drug-likeness (QED) is 0.780. The minimum Gasteiger partial charge on any atom is -0.491 e. The van der Waals surface area contributed by atoms with Crippen LogP contribution in [-0.2, 0) is 0 Å². The van der Waals surface area contributed by atoms with Gasteiger partial charge in [0, 0.05) is 0 Å². The Morgan fingerprint density at radius 1 is 1.12 bits per heavy atom. The molecule has 1 aromatic rings. The largest absolute Gasteiger partial charge is 0.491 e. The molecule has 3 heteroatoms. The van der Waals surface area contributed by atoms with E-state index < -0.39 is 0 Å². The summed E-state index contributed by atoms with van der Waals surface area (Å²) >= 11 is 0. The van der Waals surface area contributed by atoms with Crippen molar-refractivity contribution in [2.75, 3.05) is 26.2 Å². The third kappa shape index (κ3) is 4.36.